The van der Waals surface area contributed by atoms with Gasteiger partial charge >= 0.3 is 5.97 Å². The third kappa shape index (κ3) is 4.24. The molecule has 0 unspecified atom stereocenters. The number of carboxylic acid groups (broad SMARTS) is 1. The van der Waals surface area contributed by atoms with Gasteiger partial charge in [0.1, 0.15) is 18.1 Å². The van der Waals surface area contributed by atoms with Crippen molar-refractivity contribution >= 4 is 5.97 Å². The van der Waals surface area contributed by atoms with E-state index in [4.69, 9.17) is 14.6 Å². The van der Waals surface area contributed by atoms with E-state index in [1.165, 1.54) is 5.56 Å². The average Bonchev–Trinajstić information content (AvgIpc) is 2.68. The van der Waals surface area contributed by atoms with Crippen LogP contribution in [0.2, 0.25) is 0 Å². The first-order valence-corrected chi connectivity index (χ1v) is 9.44. The smallest absolute Gasteiger partial charge is 0.329 e. The van der Waals surface area contributed by atoms with E-state index >= 15 is 0 Å². The van der Waals surface area contributed by atoms with E-state index in [1.807, 2.05) is 48.5 Å². The van der Waals surface area contributed by atoms with Crippen molar-refractivity contribution in [3.63, 3.8) is 0 Å². The van der Waals surface area contributed by atoms with Gasteiger partial charge in [-0.25, -0.2) is 4.79 Å². The molecule has 0 aliphatic heterocycles. The van der Waals surface area contributed by atoms with Crippen molar-refractivity contribution in [3.05, 3.63) is 84.4 Å². The van der Waals surface area contributed by atoms with Gasteiger partial charge in [-0.15, -0.1) is 0 Å². The molecular formula is C24H22O4. The fraction of sp³-hybridized carbons (Fsp3) is 0.208. The van der Waals surface area contributed by atoms with Crippen molar-refractivity contribution in [3.8, 4) is 22.6 Å². The van der Waals surface area contributed by atoms with Crippen molar-refractivity contribution < 1.29 is 19.4 Å². The van der Waals surface area contributed by atoms with Gasteiger partial charge in [-0.3, -0.25) is 0 Å². The molecule has 28 heavy (non-hydrogen) atoms. The van der Waals surface area contributed by atoms with Gasteiger partial charge in [-0.2, -0.15) is 0 Å². The molecule has 1 aliphatic carbocycles. The third-order valence-electron chi connectivity index (χ3n) is 5.09. The summed E-state index contributed by atoms with van der Waals surface area (Å²) in [7, 11) is 0. The first kappa shape index (κ1) is 18.3. The molecule has 3 aromatic rings. The Balaban J connectivity index is 1.44. The van der Waals surface area contributed by atoms with Crippen molar-refractivity contribution in [2.45, 2.75) is 24.9 Å². The number of benzene rings is 3. The molecule has 0 amide bonds. The first-order valence-electron chi connectivity index (χ1n) is 9.44. The lowest BCUT2D eigenvalue weighted by Crippen LogP contribution is -2.31. The molecule has 0 saturated heterocycles. The quantitative estimate of drug-likeness (QED) is 0.594. The summed E-state index contributed by atoms with van der Waals surface area (Å²) in [6.07, 6.45) is 1.81. The standard InChI is InChI=1S/C24H22O4/c25-24(26)16-27-21-14-19(15-21)17-10-12-18(13-11-17)22-8-4-5-9-23(22)28-20-6-2-1-3-7-20/h1-13,19,21H,14-16H2,(H,25,26)/t19-,21+. The lowest BCUT2D eigenvalue weighted by molar-refractivity contribution is -0.146. The van der Waals surface area contributed by atoms with Gasteiger partial charge in [-0.1, -0.05) is 60.7 Å². The first-order chi connectivity index (χ1) is 13.7. The molecule has 0 aromatic heterocycles. The van der Waals surface area contributed by atoms with Crippen molar-refractivity contribution in [2.24, 2.45) is 0 Å². The summed E-state index contributed by atoms with van der Waals surface area (Å²) in [5, 5.41) is 8.68. The van der Waals surface area contributed by atoms with E-state index in [1.54, 1.807) is 0 Å². The average molecular weight is 374 g/mol. The predicted molar refractivity (Wildman–Crippen MR) is 108 cm³/mol. The minimum atomic E-state index is -0.913. The lowest BCUT2D eigenvalue weighted by Gasteiger charge is -2.35. The van der Waals surface area contributed by atoms with Gasteiger partial charge in [0.05, 0.1) is 6.10 Å². The third-order valence-corrected chi connectivity index (χ3v) is 5.09. The van der Waals surface area contributed by atoms with E-state index in [0.29, 0.717) is 5.92 Å². The maximum absolute atomic E-state index is 10.6. The molecule has 4 rings (SSSR count). The topological polar surface area (TPSA) is 55.8 Å². The number of carboxylic acids is 1. The minimum absolute atomic E-state index is 0.0563. The molecule has 142 valence electrons. The highest BCUT2D eigenvalue weighted by Gasteiger charge is 2.31. The second-order valence-corrected chi connectivity index (χ2v) is 7.03. The summed E-state index contributed by atoms with van der Waals surface area (Å²) in [5.41, 5.74) is 3.42. The Morgan fingerprint density at radius 2 is 1.57 bits per heavy atom. The SMILES string of the molecule is O=C(O)CO[C@H]1C[C@@H](c2ccc(-c3ccccc3Oc3ccccc3)cc2)C1. The van der Waals surface area contributed by atoms with Gasteiger partial charge < -0.3 is 14.6 Å². The number of carbonyl (C=O) groups is 1. The highest BCUT2D eigenvalue weighted by atomic mass is 16.5. The van der Waals surface area contributed by atoms with Crippen LogP contribution >= 0.6 is 0 Å². The Kier molecular flexibility index (Phi) is 5.40. The normalized spacial score (nSPS) is 18.3. The fourth-order valence-electron chi connectivity index (χ4n) is 3.51. The van der Waals surface area contributed by atoms with Crippen LogP contribution in [0.4, 0.5) is 0 Å². The van der Waals surface area contributed by atoms with Crippen molar-refractivity contribution in [1.29, 1.82) is 0 Å². The number of rotatable bonds is 7. The van der Waals surface area contributed by atoms with Crippen LogP contribution in [0.15, 0.2) is 78.9 Å². The Bertz CT molecular complexity index is 928. The van der Waals surface area contributed by atoms with Crippen LogP contribution in [0, 0.1) is 0 Å². The van der Waals surface area contributed by atoms with Crippen LogP contribution in [0.25, 0.3) is 11.1 Å². The van der Waals surface area contributed by atoms with E-state index in [-0.39, 0.29) is 12.7 Å². The van der Waals surface area contributed by atoms with Crippen LogP contribution in [0.5, 0.6) is 11.5 Å². The summed E-state index contributed by atoms with van der Waals surface area (Å²) >= 11 is 0. The number of hydrogen-bond acceptors (Lipinski definition) is 3. The molecule has 3 aromatic carbocycles. The van der Waals surface area contributed by atoms with Crippen LogP contribution in [0.1, 0.15) is 24.3 Å². The fourth-order valence-corrected chi connectivity index (χ4v) is 3.51. The van der Waals surface area contributed by atoms with Gasteiger partial charge in [0.15, 0.2) is 0 Å². The zero-order valence-electron chi connectivity index (χ0n) is 15.5. The van der Waals surface area contributed by atoms with Crippen molar-refractivity contribution in [1.82, 2.24) is 0 Å². The van der Waals surface area contributed by atoms with Gasteiger partial charge in [-0.05, 0) is 48.1 Å². The van der Waals surface area contributed by atoms with Gasteiger partial charge in [0.2, 0.25) is 0 Å². The second-order valence-electron chi connectivity index (χ2n) is 7.03. The molecule has 1 aliphatic rings. The molecule has 0 atom stereocenters. The number of aliphatic carboxylic acids is 1. The zero-order valence-corrected chi connectivity index (χ0v) is 15.5. The summed E-state index contributed by atoms with van der Waals surface area (Å²) in [4.78, 5) is 10.6. The summed E-state index contributed by atoms with van der Waals surface area (Å²) in [5.74, 6) is 1.16. The van der Waals surface area contributed by atoms with E-state index < -0.39 is 5.97 Å². The molecule has 0 spiro atoms. The molecule has 1 saturated carbocycles. The number of ether oxygens (including phenoxy) is 2. The highest BCUT2D eigenvalue weighted by molar-refractivity contribution is 5.71. The van der Waals surface area contributed by atoms with Crippen LogP contribution in [0.3, 0.4) is 0 Å². The minimum Gasteiger partial charge on any atom is -0.480 e. The summed E-state index contributed by atoms with van der Waals surface area (Å²) in [6.45, 7) is -0.214. The summed E-state index contributed by atoms with van der Waals surface area (Å²) in [6, 6.07) is 26.3. The predicted octanol–water partition coefficient (Wildman–Crippen LogP) is 5.49. The molecule has 1 fully saturated rings. The van der Waals surface area contributed by atoms with E-state index in [2.05, 4.69) is 30.3 Å². The summed E-state index contributed by atoms with van der Waals surface area (Å²) < 4.78 is 11.4. The molecule has 1 N–H and O–H groups in total. The molecule has 0 bridgehead atoms. The van der Waals surface area contributed by atoms with Crippen LogP contribution < -0.4 is 4.74 Å². The number of para-hydroxylation sites is 2. The Morgan fingerprint density at radius 3 is 2.29 bits per heavy atom. The Hall–Kier alpha value is -3.11. The van der Waals surface area contributed by atoms with Gasteiger partial charge in [0, 0.05) is 5.56 Å². The van der Waals surface area contributed by atoms with Crippen LogP contribution in [-0.2, 0) is 9.53 Å². The van der Waals surface area contributed by atoms with E-state index in [0.717, 1.165) is 35.5 Å². The largest absolute Gasteiger partial charge is 0.480 e. The van der Waals surface area contributed by atoms with Crippen LogP contribution in [-0.4, -0.2) is 23.8 Å². The lowest BCUT2D eigenvalue weighted by atomic mass is 9.77. The molecule has 4 nitrogen and oxygen atoms in total. The van der Waals surface area contributed by atoms with E-state index in [9.17, 15) is 4.79 Å². The van der Waals surface area contributed by atoms with Crippen molar-refractivity contribution in [2.75, 3.05) is 6.61 Å². The Morgan fingerprint density at radius 1 is 0.893 bits per heavy atom. The molecule has 0 radical (unpaired) electrons. The Labute approximate surface area is 164 Å². The maximum atomic E-state index is 10.6. The molecule has 4 heteroatoms. The monoisotopic (exact) mass is 374 g/mol. The zero-order chi connectivity index (χ0) is 19.3. The maximum Gasteiger partial charge on any atom is 0.329 e. The molecule has 0 heterocycles. The molecular weight excluding hydrogens is 352 g/mol. The second kappa shape index (κ2) is 8.28. The van der Waals surface area contributed by atoms with Gasteiger partial charge in [0.25, 0.3) is 0 Å². The highest BCUT2D eigenvalue weighted by Crippen LogP contribution is 2.40. The number of hydrogen-bond donors (Lipinski definition) is 1.